The van der Waals surface area contributed by atoms with Gasteiger partial charge in [-0.05, 0) is 240 Å². The molecule has 18 heteroatoms. The molecule has 0 unspecified atom stereocenters. The number of benzene rings is 13. The maximum atomic E-state index is 8.90. The molecule has 144 heavy (non-hydrogen) atoms. The molecule has 0 spiro atoms. The summed E-state index contributed by atoms with van der Waals surface area (Å²) in [5, 5.41) is 25.3. The van der Waals surface area contributed by atoms with Crippen molar-refractivity contribution in [3.05, 3.63) is 373 Å². The second-order valence-corrected chi connectivity index (χ2v) is 38.3. The van der Waals surface area contributed by atoms with Gasteiger partial charge in [-0.15, -0.1) is 0 Å². The van der Waals surface area contributed by atoms with Crippen LogP contribution in [0, 0.1) is 62.3 Å². The van der Waals surface area contributed by atoms with Gasteiger partial charge in [-0.3, -0.25) is 0 Å². The summed E-state index contributed by atoms with van der Waals surface area (Å²) in [6.45, 7) is 22.8. The van der Waals surface area contributed by atoms with E-state index in [4.69, 9.17) is 33.4 Å². The van der Waals surface area contributed by atoms with Crippen LogP contribution in [0.2, 0.25) is 0 Å². The van der Waals surface area contributed by atoms with Gasteiger partial charge in [-0.25, -0.2) is 43.2 Å². The van der Waals surface area contributed by atoms with Gasteiger partial charge in [0.1, 0.15) is 48.4 Å². The first-order valence-corrected chi connectivity index (χ1v) is 48.7. The third-order valence-electron chi connectivity index (χ3n) is 29.4. The van der Waals surface area contributed by atoms with Crippen LogP contribution in [0.4, 0.5) is 0 Å². The molecule has 0 aliphatic heterocycles. The fraction of sp³-hybridized carbons (Fsp3) is 0.143. The lowest BCUT2D eigenvalue weighted by Gasteiger charge is -2.15. The molecule has 698 valence electrons. The molecule has 0 saturated heterocycles. The number of fused-ring (bicyclic) bond motifs is 28. The minimum absolute atomic E-state index is 0.663. The Labute approximate surface area is 830 Å². The van der Waals surface area contributed by atoms with Gasteiger partial charge < -0.3 is 22.1 Å². The third kappa shape index (κ3) is 14.3. The zero-order chi connectivity index (χ0) is 99.6. The summed E-state index contributed by atoms with van der Waals surface area (Å²) < 4.78 is 54.0. The standard InChI is InChI=1S/C30H27N2O.C27H21N2O.C26H22N3O.C22H18N3O.C21H16N3O/c1-17(2)24-16-26(32(5)25-13-9-8-11-21(24)25)27-19(4)20-10-6-7-12-22(20)28-23-15-14-18(3)31-30(23)33-29(27)28;1-16-12-14-21-25-20-10-6-5-9-19(20)17(2)24(26(25)30-27(21)28-16)23-15-13-18-8-4-7-11-22(18)29(23)3;1-15-13-14-19-23-18-10-6-5-9-17(18)16(2)22(24(23)30-25(19)27-15)26-28(3)20-11-7-8-12-21(20)29(26)4;1-13-11-18(25(3)12-24-13)19-14(2)15-7-4-5-8-16(15)20-17-9-6-10-23-22(17)26-21(19)20;1-13-14-6-3-4-7-15(14)19-16-8-5-10-23-21(16)25-20(19)18(13)17-9-11-22-12-24(17)2/h6-17H,1-5H3;4-15H,1-3H3;5-14H,1-4H3;4-12H,1-3H3;3-12H,1-2H3/q5*+1/i17D;;;;. The van der Waals surface area contributed by atoms with E-state index in [1.54, 1.807) is 12.4 Å². The summed E-state index contributed by atoms with van der Waals surface area (Å²) in [5.74, 6) is 0.374. The predicted molar refractivity (Wildman–Crippen MR) is 582 cm³/mol. The number of hydrogen-bond donors (Lipinski definition) is 0. The zero-order valence-corrected chi connectivity index (χ0v) is 83.4. The van der Waals surface area contributed by atoms with E-state index in [2.05, 4.69) is 361 Å². The lowest BCUT2D eigenvalue weighted by Crippen LogP contribution is -2.33. The van der Waals surface area contributed by atoms with E-state index in [1.165, 1.54) is 104 Å². The van der Waals surface area contributed by atoms with Crippen molar-refractivity contribution < 1.29 is 46.3 Å². The molecule has 0 aliphatic rings. The van der Waals surface area contributed by atoms with E-state index in [-0.39, 0.29) is 0 Å². The van der Waals surface area contributed by atoms with Crippen LogP contribution in [-0.4, -0.2) is 39.5 Å². The minimum Gasteiger partial charge on any atom is -0.437 e. The van der Waals surface area contributed by atoms with Crippen LogP contribution < -0.4 is 22.8 Å². The average Bonchev–Trinajstić information content (AvgIpc) is 1.52. The van der Waals surface area contributed by atoms with Gasteiger partial charge >= 0.3 is 0 Å². The summed E-state index contributed by atoms with van der Waals surface area (Å²) in [6.07, 6.45) is 9.03. The summed E-state index contributed by atoms with van der Waals surface area (Å²) in [5.41, 5.74) is 33.2. The van der Waals surface area contributed by atoms with E-state index in [0.717, 1.165) is 177 Å². The highest BCUT2D eigenvalue weighted by molar-refractivity contribution is 6.28. The highest BCUT2D eigenvalue weighted by atomic mass is 16.4. The molecule has 0 aliphatic carbocycles. The number of para-hydroxylation sites is 4. The van der Waals surface area contributed by atoms with Crippen LogP contribution in [0.15, 0.2) is 338 Å². The maximum absolute atomic E-state index is 8.90. The van der Waals surface area contributed by atoms with E-state index in [9.17, 15) is 0 Å². The Morgan fingerprint density at radius 3 is 1.08 bits per heavy atom. The summed E-state index contributed by atoms with van der Waals surface area (Å²) in [6, 6.07) is 99.3. The predicted octanol–water partition coefficient (Wildman–Crippen LogP) is 28.6. The van der Waals surface area contributed by atoms with Crippen LogP contribution in [0.1, 0.15) is 77.3 Å². The first-order valence-electron chi connectivity index (χ1n) is 49.2. The fourth-order valence-electron chi connectivity index (χ4n) is 22.5. The molecule has 18 nitrogen and oxygen atoms in total. The van der Waals surface area contributed by atoms with Gasteiger partial charge in [0.05, 0.1) is 50.4 Å². The van der Waals surface area contributed by atoms with Crippen LogP contribution in [0.3, 0.4) is 0 Å². The van der Waals surface area contributed by atoms with E-state index in [0.29, 0.717) is 28.6 Å². The molecule has 0 bridgehead atoms. The van der Waals surface area contributed by atoms with E-state index in [1.807, 2.05) is 114 Å². The number of pyridine rings is 7. The summed E-state index contributed by atoms with van der Waals surface area (Å²) in [4.78, 5) is 31.6. The molecule has 0 atom stereocenters. The Hall–Kier alpha value is -17.6. The minimum atomic E-state index is -0.751. The van der Waals surface area contributed by atoms with Crippen molar-refractivity contribution in [1.29, 1.82) is 0 Å². The molecule has 13 aromatic carbocycles. The maximum Gasteiger partial charge on any atom is 0.293 e. The lowest BCUT2D eigenvalue weighted by atomic mass is 9.90. The van der Waals surface area contributed by atoms with Crippen molar-refractivity contribution in [3.63, 3.8) is 0 Å². The normalized spacial score (nSPS) is 12.0. The number of hydrogen-bond acceptors (Lipinski definition) is 12. The Morgan fingerprint density at radius 1 is 0.278 bits per heavy atom. The number of furan rings is 5. The van der Waals surface area contributed by atoms with Crippen molar-refractivity contribution in [2.45, 2.75) is 82.1 Å². The molecule has 0 amide bonds. The van der Waals surface area contributed by atoms with E-state index >= 15 is 0 Å². The molecular weight excluding hydrogens is 1780 g/mol. The monoisotopic (exact) mass is 1880 g/mol. The Morgan fingerprint density at radius 2 is 0.632 bits per heavy atom. The molecule has 0 fully saturated rings. The van der Waals surface area contributed by atoms with Crippen molar-refractivity contribution >= 4 is 197 Å². The van der Waals surface area contributed by atoms with Gasteiger partial charge in [0.2, 0.25) is 51.0 Å². The Kier molecular flexibility index (Phi) is 21.3. The van der Waals surface area contributed by atoms with Crippen molar-refractivity contribution in [2.24, 2.45) is 42.3 Å². The van der Waals surface area contributed by atoms with Crippen LogP contribution >= 0.6 is 0 Å². The molecule has 0 saturated carbocycles. The molecule has 28 aromatic rings. The van der Waals surface area contributed by atoms with Gasteiger partial charge in [0.15, 0.2) is 33.5 Å². The Balaban J connectivity index is 0.0000000977. The molecule has 0 radical (unpaired) electrons. The van der Waals surface area contributed by atoms with Crippen LogP contribution in [0.25, 0.3) is 253 Å². The van der Waals surface area contributed by atoms with E-state index < -0.39 is 5.89 Å². The van der Waals surface area contributed by atoms with Crippen molar-refractivity contribution in [3.8, 4) is 56.4 Å². The number of aromatic nitrogens is 13. The number of rotatable bonds is 6. The second-order valence-electron chi connectivity index (χ2n) is 38.3. The van der Waals surface area contributed by atoms with Crippen LogP contribution in [0.5, 0.6) is 0 Å². The Bertz CT molecular complexity index is 10300. The molecule has 0 N–H and O–H groups in total. The molecule has 15 heterocycles. The molecule has 15 aromatic heterocycles. The fourth-order valence-corrected chi connectivity index (χ4v) is 22.5. The molecule has 28 rings (SSSR count). The average molecular weight is 1880 g/mol. The van der Waals surface area contributed by atoms with Gasteiger partial charge in [0, 0.05) is 139 Å². The summed E-state index contributed by atoms with van der Waals surface area (Å²) >= 11 is 0. The third-order valence-corrected chi connectivity index (χ3v) is 29.4. The van der Waals surface area contributed by atoms with Crippen molar-refractivity contribution in [1.82, 2.24) is 39.5 Å². The van der Waals surface area contributed by atoms with Gasteiger partial charge in [0.25, 0.3) is 18.5 Å². The number of aryl methyl sites for hydroxylation is 15. The molecular formula is C126H104N13O5+5. The quantitative estimate of drug-likeness (QED) is 0.144. The number of imidazole rings is 1. The topological polar surface area (TPSA) is 180 Å². The zero-order valence-electron chi connectivity index (χ0n) is 84.4. The largest absolute Gasteiger partial charge is 0.437 e. The highest BCUT2D eigenvalue weighted by Crippen LogP contribution is 2.50. The van der Waals surface area contributed by atoms with Crippen LogP contribution in [-0.2, 0) is 42.3 Å². The lowest BCUT2D eigenvalue weighted by molar-refractivity contribution is -0.663. The van der Waals surface area contributed by atoms with Crippen molar-refractivity contribution in [2.75, 3.05) is 0 Å². The van der Waals surface area contributed by atoms with Gasteiger partial charge in [-0.2, -0.15) is 9.13 Å². The first-order chi connectivity index (χ1) is 70.3. The number of nitrogens with zero attached hydrogens (tertiary/aromatic N) is 13. The smallest absolute Gasteiger partial charge is 0.293 e. The highest BCUT2D eigenvalue weighted by Gasteiger charge is 2.34. The SMILES string of the molecule is Cc1c(-c2ccnc[n+]2C)c2oc3ncccc3c2c2ccccc12.Cc1cc(-c2c(C)c3ccccc3c3c2oc2ncccc23)[n+](C)cn1.Cc1ccc2c(n1)oc1c(-c3ccc4ccccc4[n+]3C)c(C)c3ccccc3c12.Cc1ccc2c(n1)oc1c(-c3n(C)c4ccccc4[n+]3C)c(C)c3ccccc3c12.[2H]C(C)(C)c1cc(-c2c(C)c3ccccc3c3c2oc2nc(C)ccc23)[n+](C)c2ccccc12. The second kappa shape index (κ2) is 35.0. The first kappa shape index (κ1) is 87.8. The van der Waals surface area contributed by atoms with Gasteiger partial charge in [-0.1, -0.05) is 182 Å². The summed E-state index contributed by atoms with van der Waals surface area (Å²) in [7, 11) is 12.5.